The zero-order valence-electron chi connectivity index (χ0n) is 18.7. The van der Waals surface area contributed by atoms with Crippen molar-refractivity contribution in [3.05, 3.63) is 42.7 Å². The van der Waals surface area contributed by atoms with Crippen LogP contribution in [-0.4, -0.2) is 43.3 Å². The number of nitrogens with one attached hydrogen (secondary N) is 2. The van der Waals surface area contributed by atoms with Gasteiger partial charge in [-0.2, -0.15) is 0 Å². The van der Waals surface area contributed by atoms with Crippen LogP contribution in [0.4, 0.5) is 22.0 Å². The first-order valence-corrected chi connectivity index (χ1v) is 10.9. The fourth-order valence-electron chi connectivity index (χ4n) is 4.15. The van der Waals surface area contributed by atoms with E-state index >= 15 is 0 Å². The van der Waals surface area contributed by atoms with Crippen molar-refractivity contribution >= 4 is 34.1 Å². The van der Waals surface area contributed by atoms with Crippen LogP contribution in [0.5, 0.6) is 11.5 Å². The number of benzene rings is 2. The number of anilines is 3. The molecule has 0 spiro atoms. The van der Waals surface area contributed by atoms with Crippen LogP contribution in [-0.2, 0) is 0 Å². The molecule has 2 amide bonds. The molecule has 2 N–H and O–H groups in total. The number of urea groups is 1. The summed E-state index contributed by atoms with van der Waals surface area (Å²) in [4.78, 5) is 23.3. The summed E-state index contributed by atoms with van der Waals surface area (Å²) >= 11 is 0. The second-order valence-corrected chi connectivity index (χ2v) is 7.96. The van der Waals surface area contributed by atoms with E-state index in [1.165, 1.54) is 25.6 Å². The van der Waals surface area contributed by atoms with Gasteiger partial charge < -0.3 is 25.0 Å². The quantitative estimate of drug-likeness (QED) is 0.574. The molecule has 0 saturated heterocycles. The van der Waals surface area contributed by atoms with Gasteiger partial charge in [0.15, 0.2) is 11.5 Å². The molecule has 1 aliphatic carbocycles. The summed E-state index contributed by atoms with van der Waals surface area (Å²) in [7, 11) is 5.13. The molecule has 1 heterocycles. The Balaban J connectivity index is 1.56. The average Bonchev–Trinajstić information content (AvgIpc) is 2.83. The molecule has 8 nitrogen and oxygen atoms in total. The number of methoxy groups -OCH3 is 2. The summed E-state index contributed by atoms with van der Waals surface area (Å²) in [6.45, 7) is 0. The average molecular weight is 436 g/mol. The molecular weight excluding hydrogens is 406 g/mol. The molecular formula is C24H29N5O3. The number of carbonyl (C=O) groups excluding carboxylic acids is 1. The molecule has 1 aromatic heterocycles. The molecule has 0 unspecified atom stereocenters. The standard InChI is InChI=1S/C24H29N5O3/c1-29(23-19-13-21(31-2)22(32-3)14-20(19)25-15-26-23)18-11-7-10-17(12-18)28-24(30)27-16-8-5-4-6-9-16/h7,10-16H,4-6,8-9H2,1-3H3,(H2,27,28,30). The van der Waals surface area contributed by atoms with Crippen LogP contribution in [0.15, 0.2) is 42.7 Å². The third-order valence-electron chi connectivity index (χ3n) is 5.87. The molecule has 1 fully saturated rings. The Morgan fingerprint density at radius 3 is 2.53 bits per heavy atom. The molecule has 4 rings (SSSR count). The number of hydrogen-bond acceptors (Lipinski definition) is 6. The zero-order valence-corrected chi connectivity index (χ0v) is 18.7. The minimum absolute atomic E-state index is 0.166. The number of aromatic nitrogens is 2. The van der Waals surface area contributed by atoms with Gasteiger partial charge >= 0.3 is 6.03 Å². The Morgan fingerprint density at radius 2 is 1.78 bits per heavy atom. The lowest BCUT2D eigenvalue weighted by molar-refractivity contribution is 0.244. The van der Waals surface area contributed by atoms with Crippen molar-refractivity contribution in [2.24, 2.45) is 0 Å². The number of hydrogen-bond donors (Lipinski definition) is 2. The Labute approximate surface area is 188 Å². The second kappa shape index (κ2) is 9.72. The van der Waals surface area contributed by atoms with E-state index in [2.05, 4.69) is 20.6 Å². The van der Waals surface area contributed by atoms with E-state index in [9.17, 15) is 4.79 Å². The van der Waals surface area contributed by atoms with E-state index in [1.54, 1.807) is 14.2 Å². The fourth-order valence-corrected chi connectivity index (χ4v) is 4.15. The first-order chi connectivity index (χ1) is 15.6. The van der Waals surface area contributed by atoms with Crippen LogP contribution < -0.4 is 25.0 Å². The summed E-state index contributed by atoms with van der Waals surface area (Å²) in [6.07, 6.45) is 7.23. The van der Waals surface area contributed by atoms with Crippen molar-refractivity contribution in [3.63, 3.8) is 0 Å². The number of nitrogens with zero attached hydrogens (tertiary/aromatic N) is 3. The number of rotatable bonds is 6. The zero-order chi connectivity index (χ0) is 22.5. The predicted molar refractivity (Wildman–Crippen MR) is 126 cm³/mol. The van der Waals surface area contributed by atoms with Gasteiger partial charge in [-0.1, -0.05) is 25.3 Å². The topological polar surface area (TPSA) is 88.6 Å². The Kier molecular flexibility index (Phi) is 6.58. The highest BCUT2D eigenvalue weighted by molar-refractivity contribution is 5.94. The van der Waals surface area contributed by atoms with E-state index in [1.807, 2.05) is 48.3 Å². The number of amides is 2. The lowest BCUT2D eigenvalue weighted by Crippen LogP contribution is -2.39. The molecule has 0 radical (unpaired) electrons. The minimum atomic E-state index is -0.166. The van der Waals surface area contributed by atoms with Gasteiger partial charge in [0.1, 0.15) is 12.1 Å². The van der Waals surface area contributed by atoms with Crippen molar-refractivity contribution in [1.82, 2.24) is 15.3 Å². The maximum absolute atomic E-state index is 12.5. The van der Waals surface area contributed by atoms with Crippen molar-refractivity contribution in [2.45, 2.75) is 38.1 Å². The summed E-state index contributed by atoms with van der Waals surface area (Å²) in [5, 5.41) is 6.88. The molecule has 8 heteroatoms. The highest BCUT2D eigenvalue weighted by atomic mass is 16.5. The molecule has 1 aliphatic rings. The molecule has 2 aromatic carbocycles. The van der Waals surface area contributed by atoms with Crippen molar-refractivity contribution < 1.29 is 14.3 Å². The van der Waals surface area contributed by atoms with Gasteiger partial charge in [0.25, 0.3) is 0 Å². The summed E-state index contributed by atoms with van der Waals surface area (Å²) in [5.41, 5.74) is 2.36. The SMILES string of the molecule is COc1cc2ncnc(N(C)c3cccc(NC(=O)NC4CCCCC4)c3)c2cc1OC. The van der Waals surface area contributed by atoms with Gasteiger partial charge in [-0.05, 0) is 37.1 Å². The van der Waals surface area contributed by atoms with Crippen molar-refractivity contribution in [3.8, 4) is 11.5 Å². The van der Waals surface area contributed by atoms with Gasteiger partial charge in [-0.3, -0.25) is 0 Å². The molecule has 0 aliphatic heterocycles. The second-order valence-electron chi connectivity index (χ2n) is 7.96. The monoisotopic (exact) mass is 435 g/mol. The minimum Gasteiger partial charge on any atom is -0.493 e. The smallest absolute Gasteiger partial charge is 0.319 e. The number of ether oxygens (including phenoxy) is 2. The summed E-state index contributed by atoms with van der Waals surface area (Å²) in [5.74, 6) is 1.95. The van der Waals surface area contributed by atoms with E-state index in [-0.39, 0.29) is 12.1 Å². The Bertz CT molecular complexity index is 1100. The van der Waals surface area contributed by atoms with Crippen LogP contribution in [0.3, 0.4) is 0 Å². The van der Waals surface area contributed by atoms with Crippen LogP contribution in [0.25, 0.3) is 10.9 Å². The Morgan fingerprint density at radius 1 is 1.03 bits per heavy atom. The molecule has 0 atom stereocenters. The molecule has 168 valence electrons. The van der Waals surface area contributed by atoms with Gasteiger partial charge in [-0.15, -0.1) is 0 Å². The number of carbonyl (C=O) groups is 1. The molecule has 0 bridgehead atoms. The lowest BCUT2D eigenvalue weighted by Gasteiger charge is -2.23. The van der Waals surface area contributed by atoms with Crippen molar-refractivity contribution in [2.75, 3.05) is 31.5 Å². The highest BCUT2D eigenvalue weighted by Crippen LogP contribution is 2.36. The van der Waals surface area contributed by atoms with E-state index in [4.69, 9.17) is 9.47 Å². The number of fused-ring (bicyclic) bond motifs is 1. The summed E-state index contributed by atoms with van der Waals surface area (Å²) in [6, 6.07) is 11.5. The lowest BCUT2D eigenvalue weighted by atomic mass is 9.96. The molecule has 1 saturated carbocycles. The van der Waals surface area contributed by atoms with Crippen LogP contribution in [0, 0.1) is 0 Å². The maximum Gasteiger partial charge on any atom is 0.319 e. The van der Waals surface area contributed by atoms with Gasteiger partial charge in [0.05, 0.1) is 19.7 Å². The maximum atomic E-state index is 12.5. The third-order valence-corrected chi connectivity index (χ3v) is 5.87. The van der Waals surface area contributed by atoms with Crippen molar-refractivity contribution in [1.29, 1.82) is 0 Å². The van der Waals surface area contributed by atoms with E-state index in [0.29, 0.717) is 11.5 Å². The first-order valence-electron chi connectivity index (χ1n) is 10.9. The van der Waals surface area contributed by atoms with Crippen LogP contribution >= 0.6 is 0 Å². The van der Waals surface area contributed by atoms with Gasteiger partial charge in [0, 0.05) is 35.9 Å². The van der Waals surface area contributed by atoms with E-state index in [0.717, 1.165) is 40.9 Å². The van der Waals surface area contributed by atoms with E-state index < -0.39 is 0 Å². The highest BCUT2D eigenvalue weighted by Gasteiger charge is 2.17. The van der Waals surface area contributed by atoms with Gasteiger partial charge in [-0.25, -0.2) is 14.8 Å². The van der Waals surface area contributed by atoms with Gasteiger partial charge in [0.2, 0.25) is 0 Å². The third kappa shape index (κ3) is 4.69. The van der Waals surface area contributed by atoms with Crippen LogP contribution in [0.2, 0.25) is 0 Å². The molecule has 3 aromatic rings. The predicted octanol–water partition coefficient (Wildman–Crippen LogP) is 4.87. The first kappa shape index (κ1) is 21.7. The largest absolute Gasteiger partial charge is 0.493 e. The molecule has 32 heavy (non-hydrogen) atoms. The fraction of sp³-hybridized carbons (Fsp3) is 0.375. The Hall–Kier alpha value is -3.55. The normalized spacial score (nSPS) is 14.1. The summed E-state index contributed by atoms with van der Waals surface area (Å²) < 4.78 is 10.8. The van der Waals surface area contributed by atoms with Crippen LogP contribution in [0.1, 0.15) is 32.1 Å².